The summed E-state index contributed by atoms with van der Waals surface area (Å²) in [5.74, 6) is 0. The van der Waals surface area contributed by atoms with Gasteiger partial charge in [-0.1, -0.05) is 97.1 Å². The standard InChI is InChI=1S/C48H30N4S2/c1-3-9-31(10-4-1)36-21-37(32-11-5-2-6-12-32)23-38(22-36)33-15-18-41-42(24-33)48(44-20-17-35(26-52-44)46-28-50-30-54-46)40-14-8-7-13-39(40)47(41)43-19-16-34(25-51-43)45-27-49-29-53-45/h1-30H. The van der Waals surface area contributed by atoms with Crippen molar-refractivity contribution in [3.05, 3.63) is 181 Å². The van der Waals surface area contributed by atoms with Crippen LogP contribution in [0.15, 0.2) is 181 Å². The van der Waals surface area contributed by atoms with E-state index < -0.39 is 0 Å². The van der Waals surface area contributed by atoms with Gasteiger partial charge in [-0.15, -0.1) is 22.7 Å². The largest absolute Gasteiger partial charge is 0.256 e. The van der Waals surface area contributed by atoms with Crippen LogP contribution in [0.25, 0.3) is 98.3 Å². The summed E-state index contributed by atoms with van der Waals surface area (Å²) in [7, 11) is 0. The van der Waals surface area contributed by atoms with Gasteiger partial charge in [0.1, 0.15) is 0 Å². The lowest BCUT2D eigenvalue weighted by Gasteiger charge is -2.18. The predicted octanol–water partition coefficient (Wildman–Crippen LogP) is 13.4. The van der Waals surface area contributed by atoms with E-state index in [1.807, 2.05) is 35.8 Å². The number of pyridine rings is 2. The topological polar surface area (TPSA) is 51.6 Å². The van der Waals surface area contributed by atoms with E-state index in [0.29, 0.717) is 0 Å². The van der Waals surface area contributed by atoms with Gasteiger partial charge in [0.15, 0.2) is 0 Å². The van der Waals surface area contributed by atoms with Crippen LogP contribution in [-0.4, -0.2) is 19.9 Å². The molecule has 10 rings (SSSR count). The number of fused-ring (bicyclic) bond motifs is 2. The first-order valence-corrected chi connectivity index (χ1v) is 19.5. The Morgan fingerprint density at radius 3 is 1.22 bits per heavy atom. The molecule has 0 atom stereocenters. The number of aromatic nitrogens is 4. The lowest BCUT2D eigenvalue weighted by Crippen LogP contribution is -1.95. The predicted molar refractivity (Wildman–Crippen MR) is 226 cm³/mol. The summed E-state index contributed by atoms with van der Waals surface area (Å²) >= 11 is 3.24. The average molecular weight is 727 g/mol. The maximum Gasteiger partial charge on any atom is 0.0797 e. The summed E-state index contributed by atoms with van der Waals surface area (Å²) in [5, 5.41) is 4.52. The zero-order chi connectivity index (χ0) is 35.8. The minimum atomic E-state index is 0.921. The summed E-state index contributed by atoms with van der Waals surface area (Å²) < 4.78 is 0. The molecule has 0 aliphatic heterocycles. The van der Waals surface area contributed by atoms with Crippen molar-refractivity contribution in [2.75, 3.05) is 0 Å². The molecule has 0 bridgehead atoms. The van der Waals surface area contributed by atoms with Gasteiger partial charge < -0.3 is 0 Å². The first-order chi connectivity index (χ1) is 26.8. The molecule has 6 aromatic carbocycles. The summed E-state index contributed by atoms with van der Waals surface area (Å²) in [5.41, 5.74) is 16.9. The Kier molecular flexibility index (Phi) is 8.17. The molecule has 0 aliphatic carbocycles. The lowest BCUT2D eigenvalue weighted by atomic mass is 9.86. The molecule has 0 saturated carbocycles. The molecule has 0 unspecified atom stereocenters. The van der Waals surface area contributed by atoms with Crippen LogP contribution in [0.4, 0.5) is 0 Å². The zero-order valence-electron chi connectivity index (χ0n) is 28.9. The maximum absolute atomic E-state index is 5.12. The fourth-order valence-corrected chi connectivity index (χ4v) is 8.62. The molecule has 0 N–H and O–H groups in total. The van der Waals surface area contributed by atoms with E-state index in [2.05, 4.69) is 156 Å². The molecular weight excluding hydrogens is 697 g/mol. The highest BCUT2D eigenvalue weighted by Crippen LogP contribution is 2.45. The van der Waals surface area contributed by atoms with Crippen LogP contribution in [0, 0.1) is 0 Å². The second kappa shape index (κ2) is 13.7. The maximum atomic E-state index is 5.12. The normalized spacial score (nSPS) is 11.3. The molecule has 4 aromatic heterocycles. The van der Waals surface area contributed by atoms with E-state index in [1.165, 1.54) is 22.3 Å². The van der Waals surface area contributed by atoms with Gasteiger partial charge in [-0.3, -0.25) is 19.9 Å². The number of nitrogens with zero attached hydrogens (tertiary/aromatic N) is 4. The highest BCUT2D eigenvalue weighted by atomic mass is 32.1. The highest BCUT2D eigenvalue weighted by molar-refractivity contribution is 7.13. The first-order valence-electron chi connectivity index (χ1n) is 17.7. The molecule has 4 nitrogen and oxygen atoms in total. The van der Waals surface area contributed by atoms with Crippen LogP contribution in [0.3, 0.4) is 0 Å². The van der Waals surface area contributed by atoms with E-state index >= 15 is 0 Å². The van der Waals surface area contributed by atoms with Crippen molar-refractivity contribution < 1.29 is 0 Å². The van der Waals surface area contributed by atoms with Crippen molar-refractivity contribution in [2.24, 2.45) is 0 Å². The Labute approximate surface area is 320 Å². The lowest BCUT2D eigenvalue weighted by molar-refractivity contribution is 1.33. The summed E-state index contributed by atoms with van der Waals surface area (Å²) in [4.78, 5) is 21.0. The Morgan fingerprint density at radius 2 is 0.759 bits per heavy atom. The molecular formula is C48H30N4S2. The quantitative estimate of drug-likeness (QED) is 0.153. The van der Waals surface area contributed by atoms with E-state index in [9.17, 15) is 0 Å². The van der Waals surface area contributed by atoms with Gasteiger partial charge in [0.25, 0.3) is 0 Å². The monoisotopic (exact) mass is 726 g/mol. The van der Waals surface area contributed by atoms with Gasteiger partial charge in [0.05, 0.1) is 32.2 Å². The SMILES string of the molecule is c1ccc(-c2cc(-c3ccccc3)cc(-c3ccc4c(-c5ccc(-c6cncs6)cn5)c5ccccc5c(-c5ccc(-c6cncs6)cn5)c4c3)c2)cc1. The Balaban J connectivity index is 1.23. The smallest absolute Gasteiger partial charge is 0.0797 e. The average Bonchev–Trinajstić information content (AvgIpc) is 4.00. The minimum Gasteiger partial charge on any atom is -0.256 e. The molecule has 254 valence electrons. The second-order valence-electron chi connectivity index (χ2n) is 13.2. The fourth-order valence-electron chi connectivity index (χ4n) is 7.39. The molecule has 0 spiro atoms. The molecule has 0 amide bonds. The minimum absolute atomic E-state index is 0.921. The van der Waals surface area contributed by atoms with E-state index in [0.717, 1.165) is 76.1 Å². The Bertz CT molecular complexity index is 2830. The van der Waals surface area contributed by atoms with Gasteiger partial charge in [-0.2, -0.15) is 0 Å². The third-order valence-electron chi connectivity index (χ3n) is 9.98. The van der Waals surface area contributed by atoms with Crippen LogP contribution < -0.4 is 0 Å². The fraction of sp³-hybridized carbons (Fsp3) is 0. The van der Waals surface area contributed by atoms with E-state index in [4.69, 9.17) is 9.97 Å². The molecule has 0 fully saturated rings. The van der Waals surface area contributed by atoms with Crippen LogP contribution in [-0.2, 0) is 0 Å². The molecule has 0 aliphatic rings. The van der Waals surface area contributed by atoms with Crippen molar-refractivity contribution in [1.82, 2.24) is 19.9 Å². The third-order valence-corrected chi connectivity index (χ3v) is 11.6. The molecule has 4 heterocycles. The number of hydrogen-bond acceptors (Lipinski definition) is 6. The molecule has 6 heteroatoms. The third kappa shape index (κ3) is 5.88. The summed E-state index contributed by atoms with van der Waals surface area (Å²) in [6.45, 7) is 0. The number of hydrogen-bond donors (Lipinski definition) is 0. The number of thiazole rings is 2. The molecule has 54 heavy (non-hydrogen) atoms. The molecule has 0 radical (unpaired) electrons. The number of benzene rings is 6. The zero-order valence-corrected chi connectivity index (χ0v) is 30.6. The van der Waals surface area contributed by atoms with Crippen molar-refractivity contribution in [1.29, 1.82) is 0 Å². The van der Waals surface area contributed by atoms with E-state index in [1.54, 1.807) is 22.7 Å². The van der Waals surface area contributed by atoms with Gasteiger partial charge >= 0.3 is 0 Å². The van der Waals surface area contributed by atoms with Crippen LogP contribution in [0.2, 0.25) is 0 Å². The Hall–Kier alpha value is -6.60. The summed E-state index contributed by atoms with van der Waals surface area (Å²) in [6.07, 6.45) is 7.72. The van der Waals surface area contributed by atoms with Crippen LogP contribution in [0.1, 0.15) is 0 Å². The van der Waals surface area contributed by atoms with Crippen LogP contribution >= 0.6 is 22.7 Å². The van der Waals surface area contributed by atoms with E-state index in [-0.39, 0.29) is 0 Å². The first kappa shape index (κ1) is 32.1. The number of rotatable bonds is 7. The molecule has 0 saturated heterocycles. The van der Waals surface area contributed by atoms with Crippen LogP contribution in [0.5, 0.6) is 0 Å². The second-order valence-corrected chi connectivity index (χ2v) is 15.0. The van der Waals surface area contributed by atoms with Crippen molar-refractivity contribution >= 4 is 44.2 Å². The van der Waals surface area contributed by atoms with Crippen molar-refractivity contribution in [2.45, 2.75) is 0 Å². The molecule has 10 aromatic rings. The summed E-state index contributed by atoms with van der Waals surface area (Å²) in [6, 6.07) is 52.3. The van der Waals surface area contributed by atoms with Crippen molar-refractivity contribution in [3.63, 3.8) is 0 Å². The highest BCUT2D eigenvalue weighted by Gasteiger charge is 2.20. The van der Waals surface area contributed by atoms with Crippen molar-refractivity contribution in [3.8, 4) is 76.8 Å². The Morgan fingerprint density at radius 1 is 0.315 bits per heavy atom. The van der Waals surface area contributed by atoms with Gasteiger partial charge in [-0.05, 0) is 103 Å². The van der Waals surface area contributed by atoms with Gasteiger partial charge in [-0.25, -0.2) is 0 Å². The van der Waals surface area contributed by atoms with Gasteiger partial charge in [0, 0.05) is 47.0 Å². The van der Waals surface area contributed by atoms with Gasteiger partial charge in [0.2, 0.25) is 0 Å².